The zero-order valence-corrected chi connectivity index (χ0v) is 28.7. The second kappa shape index (κ2) is 13.7. The van der Waals surface area contributed by atoms with Gasteiger partial charge in [-0.3, -0.25) is 14.4 Å². The zero-order chi connectivity index (χ0) is 32.7. The molecule has 1 fully saturated rings. The van der Waals surface area contributed by atoms with Gasteiger partial charge in [-0.1, -0.05) is 29.3 Å². The van der Waals surface area contributed by atoms with Crippen molar-refractivity contribution < 1.29 is 27.4 Å². The normalized spacial score (nSPS) is 14.5. The number of nitrogens with zero attached hydrogens (tertiary/aromatic N) is 4. The highest BCUT2D eigenvalue weighted by atomic mass is 35.5. The summed E-state index contributed by atoms with van der Waals surface area (Å²) in [6.07, 6.45) is 1.36. The number of pyridine rings is 1. The first-order chi connectivity index (χ1) is 22.6. The summed E-state index contributed by atoms with van der Waals surface area (Å²) < 4.78 is 46.7. The molecule has 7 rings (SSSR count). The molecular formula is C33H30Cl3N5O6S. The van der Waals surface area contributed by atoms with Gasteiger partial charge in [0.15, 0.2) is 11.5 Å². The Bertz CT molecular complexity index is 2100. The molecule has 250 valence electrons. The van der Waals surface area contributed by atoms with E-state index in [1.165, 1.54) is 24.4 Å². The number of rotatable bonds is 8. The summed E-state index contributed by atoms with van der Waals surface area (Å²) in [4.78, 5) is 22.0. The summed E-state index contributed by atoms with van der Waals surface area (Å²) >= 11 is 11.9. The van der Waals surface area contributed by atoms with Gasteiger partial charge in [0.05, 0.1) is 26.8 Å². The van der Waals surface area contributed by atoms with Crippen LogP contribution in [-0.4, -0.2) is 66.6 Å². The second-order valence-corrected chi connectivity index (χ2v) is 13.7. The molecule has 4 heterocycles. The van der Waals surface area contributed by atoms with Gasteiger partial charge >= 0.3 is 0 Å². The molecule has 1 N–H and O–H groups in total. The van der Waals surface area contributed by atoms with Gasteiger partial charge < -0.3 is 23.7 Å². The van der Waals surface area contributed by atoms with Crippen LogP contribution in [0.1, 0.15) is 16.1 Å². The van der Waals surface area contributed by atoms with Crippen molar-refractivity contribution in [3.63, 3.8) is 0 Å². The summed E-state index contributed by atoms with van der Waals surface area (Å²) in [6.45, 7) is 3.83. The third-order valence-corrected chi connectivity index (χ3v) is 10.3. The van der Waals surface area contributed by atoms with Crippen LogP contribution in [0.3, 0.4) is 0 Å². The third kappa shape index (κ3) is 6.99. The molecule has 2 aromatic heterocycles. The lowest BCUT2D eigenvalue weighted by Crippen LogP contribution is -2.48. The standard InChI is InChI=1S/C33H29Cl2N5O6S.ClH/c1-38-28-7-4-24(46-32-9-3-23(18-36-32)37-47(42,43)25-5-6-26(34)27(35)17-25)15-22(28)16-29(38)33(41)40-12-10-39(11-13-40)19-21-2-8-30-31(14-21)45-20-44-30;/h2-9,14-18,37H,10-13,19-20H2,1H3;1H. The van der Waals surface area contributed by atoms with E-state index in [-0.39, 0.29) is 51.6 Å². The number of halogens is 3. The number of benzene rings is 3. The first-order valence-corrected chi connectivity index (χ1v) is 17.0. The molecule has 11 nitrogen and oxygen atoms in total. The van der Waals surface area contributed by atoms with E-state index in [1.807, 2.05) is 46.8 Å². The summed E-state index contributed by atoms with van der Waals surface area (Å²) in [5.74, 6) is 2.32. The van der Waals surface area contributed by atoms with Gasteiger partial charge in [0, 0.05) is 56.7 Å². The third-order valence-electron chi connectivity index (χ3n) is 8.15. The number of aromatic nitrogens is 2. The number of amides is 1. The maximum absolute atomic E-state index is 13.6. The number of hydrogen-bond acceptors (Lipinski definition) is 8. The van der Waals surface area contributed by atoms with Crippen LogP contribution in [0, 0.1) is 0 Å². The lowest BCUT2D eigenvalue weighted by Gasteiger charge is -2.34. The van der Waals surface area contributed by atoms with E-state index in [1.54, 1.807) is 18.2 Å². The summed E-state index contributed by atoms with van der Waals surface area (Å²) in [5.41, 5.74) is 2.88. The minimum Gasteiger partial charge on any atom is -0.454 e. The fourth-order valence-corrected chi connectivity index (χ4v) is 7.08. The van der Waals surface area contributed by atoms with Crippen molar-refractivity contribution in [1.29, 1.82) is 0 Å². The number of ether oxygens (including phenoxy) is 3. The molecule has 0 radical (unpaired) electrons. The molecule has 0 bridgehead atoms. The molecular weight excluding hydrogens is 701 g/mol. The van der Waals surface area contributed by atoms with Gasteiger partial charge in [0.1, 0.15) is 11.4 Å². The van der Waals surface area contributed by atoms with E-state index < -0.39 is 10.0 Å². The Labute approximate surface area is 293 Å². The Morgan fingerprint density at radius 2 is 1.71 bits per heavy atom. The molecule has 0 spiro atoms. The molecule has 15 heteroatoms. The average Bonchev–Trinajstić information content (AvgIpc) is 3.66. The Balaban J connectivity index is 0.00000401. The van der Waals surface area contributed by atoms with Gasteiger partial charge in [-0.2, -0.15) is 0 Å². The second-order valence-electron chi connectivity index (χ2n) is 11.2. The number of carbonyl (C=O) groups is 1. The van der Waals surface area contributed by atoms with Crippen molar-refractivity contribution in [1.82, 2.24) is 19.4 Å². The molecule has 0 unspecified atom stereocenters. The molecule has 1 amide bonds. The number of anilines is 1. The van der Waals surface area contributed by atoms with Crippen LogP contribution in [0.5, 0.6) is 23.1 Å². The maximum Gasteiger partial charge on any atom is 0.270 e. The fraction of sp³-hybridized carbons (Fsp3) is 0.212. The molecule has 2 aliphatic rings. The predicted molar refractivity (Wildman–Crippen MR) is 185 cm³/mol. The topological polar surface area (TPSA) is 115 Å². The van der Waals surface area contributed by atoms with E-state index in [0.717, 1.165) is 47.6 Å². The van der Waals surface area contributed by atoms with Crippen molar-refractivity contribution in [3.8, 4) is 23.1 Å². The number of piperazine rings is 1. The van der Waals surface area contributed by atoms with Crippen molar-refractivity contribution in [2.75, 3.05) is 37.7 Å². The zero-order valence-electron chi connectivity index (χ0n) is 25.6. The van der Waals surface area contributed by atoms with Gasteiger partial charge in [0.25, 0.3) is 15.9 Å². The molecule has 3 aromatic carbocycles. The average molecular weight is 731 g/mol. The van der Waals surface area contributed by atoms with E-state index in [2.05, 4.69) is 20.7 Å². The largest absolute Gasteiger partial charge is 0.454 e. The molecule has 0 atom stereocenters. The SMILES string of the molecule is Cl.Cn1c(C(=O)N2CCN(Cc3ccc4c(c3)OCO4)CC2)cc2cc(Oc3ccc(NS(=O)(=O)c4ccc(Cl)c(Cl)c4)cn3)ccc21. The van der Waals surface area contributed by atoms with Gasteiger partial charge in [0.2, 0.25) is 12.7 Å². The Morgan fingerprint density at radius 1 is 0.917 bits per heavy atom. The van der Waals surface area contributed by atoms with Crippen LogP contribution in [-0.2, 0) is 23.6 Å². The molecule has 5 aromatic rings. The maximum atomic E-state index is 13.6. The van der Waals surface area contributed by atoms with E-state index >= 15 is 0 Å². The molecule has 2 aliphatic heterocycles. The number of carbonyl (C=O) groups excluding carboxylic acids is 1. The molecule has 1 saturated heterocycles. The summed E-state index contributed by atoms with van der Waals surface area (Å²) in [6, 6.07) is 20.6. The van der Waals surface area contributed by atoms with Crippen LogP contribution >= 0.6 is 35.6 Å². The molecule has 48 heavy (non-hydrogen) atoms. The first kappa shape index (κ1) is 33.7. The highest BCUT2D eigenvalue weighted by Crippen LogP contribution is 2.33. The predicted octanol–water partition coefficient (Wildman–Crippen LogP) is 6.58. The van der Waals surface area contributed by atoms with Crippen LogP contribution in [0.25, 0.3) is 10.9 Å². The molecule has 0 aliphatic carbocycles. The van der Waals surface area contributed by atoms with E-state index in [0.29, 0.717) is 24.5 Å². The van der Waals surface area contributed by atoms with Crippen molar-refractivity contribution in [3.05, 3.63) is 100 Å². The fourth-order valence-electron chi connectivity index (χ4n) is 5.64. The van der Waals surface area contributed by atoms with Crippen molar-refractivity contribution in [2.24, 2.45) is 7.05 Å². The highest BCUT2D eigenvalue weighted by molar-refractivity contribution is 7.92. The lowest BCUT2D eigenvalue weighted by atomic mass is 10.1. The monoisotopic (exact) mass is 729 g/mol. The van der Waals surface area contributed by atoms with E-state index in [9.17, 15) is 13.2 Å². The number of sulfonamides is 1. The number of aryl methyl sites for hydroxylation is 1. The van der Waals surface area contributed by atoms with Crippen LogP contribution in [0.2, 0.25) is 10.0 Å². The van der Waals surface area contributed by atoms with Gasteiger partial charge in [-0.15, -0.1) is 12.4 Å². The van der Waals surface area contributed by atoms with Crippen LogP contribution in [0.15, 0.2) is 83.9 Å². The van der Waals surface area contributed by atoms with Gasteiger partial charge in [-0.05, 0) is 66.2 Å². The number of nitrogens with one attached hydrogen (secondary N) is 1. The van der Waals surface area contributed by atoms with Gasteiger partial charge in [-0.25, -0.2) is 13.4 Å². The number of hydrogen-bond donors (Lipinski definition) is 1. The summed E-state index contributed by atoms with van der Waals surface area (Å²) in [7, 11) is -2.02. The molecule has 0 saturated carbocycles. The van der Waals surface area contributed by atoms with E-state index in [4.69, 9.17) is 37.4 Å². The number of fused-ring (bicyclic) bond motifs is 2. The van der Waals surface area contributed by atoms with Crippen molar-refractivity contribution in [2.45, 2.75) is 11.4 Å². The Morgan fingerprint density at radius 3 is 2.46 bits per heavy atom. The lowest BCUT2D eigenvalue weighted by molar-refractivity contribution is 0.0619. The Kier molecular flexibility index (Phi) is 9.64. The Hall–Kier alpha value is -4.20. The minimum atomic E-state index is -3.90. The smallest absolute Gasteiger partial charge is 0.270 e. The quantitative estimate of drug-likeness (QED) is 0.191. The van der Waals surface area contributed by atoms with Crippen LogP contribution in [0.4, 0.5) is 5.69 Å². The first-order valence-electron chi connectivity index (χ1n) is 14.7. The summed E-state index contributed by atoms with van der Waals surface area (Å²) in [5, 5.41) is 1.24. The van der Waals surface area contributed by atoms with Crippen LogP contribution < -0.4 is 18.9 Å². The van der Waals surface area contributed by atoms with Crippen molar-refractivity contribution >= 4 is 68.1 Å². The minimum absolute atomic E-state index is 0. The highest BCUT2D eigenvalue weighted by Gasteiger charge is 2.25.